The van der Waals surface area contributed by atoms with Crippen molar-refractivity contribution in [2.24, 2.45) is 7.05 Å². The summed E-state index contributed by atoms with van der Waals surface area (Å²) in [5, 5.41) is 11.8. The van der Waals surface area contributed by atoms with Crippen molar-refractivity contribution in [3.05, 3.63) is 60.4 Å². The molecule has 0 fully saturated rings. The highest BCUT2D eigenvalue weighted by molar-refractivity contribution is 5.76. The molecule has 0 aliphatic carbocycles. The van der Waals surface area contributed by atoms with Crippen LogP contribution in [0.1, 0.15) is 18.5 Å². The van der Waals surface area contributed by atoms with Gasteiger partial charge in [-0.05, 0) is 31.2 Å². The van der Waals surface area contributed by atoms with Crippen molar-refractivity contribution in [3.63, 3.8) is 0 Å². The van der Waals surface area contributed by atoms with Crippen LogP contribution in [0.25, 0.3) is 16.8 Å². The van der Waals surface area contributed by atoms with Crippen LogP contribution in [0.5, 0.6) is 5.75 Å². The summed E-state index contributed by atoms with van der Waals surface area (Å²) in [5.41, 5.74) is 3.02. The molecular formula is C20H20F2N6O. The summed E-state index contributed by atoms with van der Waals surface area (Å²) in [5.74, 6) is 0.640. The molecule has 3 heterocycles. The topological polar surface area (TPSA) is 69.3 Å². The number of hydrogen-bond acceptors (Lipinski definition) is 5. The minimum Gasteiger partial charge on any atom is -0.490 e. The fourth-order valence-electron chi connectivity index (χ4n) is 3.15. The van der Waals surface area contributed by atoms with E-state index in [0.717, 1.165) is 11.1 Å². The van der Waals surface area contributed by atoms with Gasteiger partial charge < -0.3 is 10.1 Å². The summed E-state index contributed by atoms with van der Waals surface area (Å²) in [6, 6.07) is 5.64. The van der Waals surface area contributed by atoms with Gasteiger partial charge in [0.1, 0.15) is 30.7 Å². The number of alkyl halides is 1. The van der Waals surface area contributed by atoms with Gasteiger partial charge in [-0.2, -0.15) is 10.2 Å². The van der Waals surface area contributed by atoms with E-state index in [1.54, 1.807) is 33.9 Å². The Morgan fingerprint density at radius 2 is 2.07 bits per heavy atom. The van der Waals surface area contributed by atoms with Crippen LogP contribution in [0.4, 0.5) is 14.6 Å². The van der Waals surface area contributed by atoms with Crippen molar-refractivity contribution in [1.29, 1.82) is 0 Å². The van der Waals surface area contributed by atoms with Crippen molar-refractivity contribution in [1.82, 2.24) is 24.4 Å². The van der Waals surface area contributed by atoms with Crippen LogP contribution in [0.2, 0.25) is 0 Å². The molecule has 0 unspecified atom stereocenters. The summed E-state index contributed by atoms with van der Waals surface area (Å²) in [4.78, 5) is 4.66. The van der Waals surface area contributed by atoms with Crippen LogP contribution in [0.3, 0.4) is 0 Å². The molecule has 1 atom stereocenters. The van der Waals surface area contributed by atoms with Crippen molar-refractivity contribution in [2.45, 2.75) is 13.0 Å². The van der Waals surface area contributed by atoms with Crippen molar-refractivity contribution >= 4 is 11.5 Å². The third-order valence-corrected chi connectivity index (χ3v) is 4.52. The van der Waals surface area contributed by atoms with Gasteiger partial charge in [0.2, 0.25) is 0 Å². The molecule has 0 amide bonds. The molecular weight excluding hydrogens is 378 g/mol. The number of nitrogens with one attached hydrogen (secondary N) is 1. The van der Waals surface area contributed by atoms with E-state index >= 15 is 0 Å². The van der Waals surface area contributed by atoms with Gasteiger partial charge in [-0.3, -0.25) is 4.68 Å². The lowest BCUT2D eigenvalue weighted by atomic mass is 10.1. The van der Waals surface area contributed by atoms with Gasteiger partial charge in [0, 0.05) is 36.1 Å². The van der Waals surface area contributed by atoms with Crippen LogP contribution in [0.15, 0.2) is 49.1 Å². The van der Waals surface area contributed by atoms with E-state index in [1.807, 2.05) is 20.2 Å². The van der Waals surface area contributed by atoms with Gasteiger partial charge in [-0.1, -0.05) is 0 Å². The van der Waals surface area contributed by atoms with E-state index in [-0.39, 0.29) is 18.5 Å². The third-order valence-electron chi connectivity index (χ3n) is 4.52. The SMILES string of the molecule is C[C@@H](Nc1ccn2ncc(-c3cnn(C)c3)c2n1)c1cc(F)ccc1OCCF. The second-order valence-corrected chi connectivity index (χ2v) is 6.63. The second kappa shape index (κ2) is 7.86. The fraction of sp³-hybridized carbons (Fsp3) is 0.250. The molecule has 1 aromatic carbocycles. The van der Waals surface area contributed by atoms with Crippen molar-refractivity contribution < 1.29 is 13.5 Å². The first-order chi connectivity index (χ1) is 14.0. The van der Waals surface area contributed by atoms with E-state index in [0.29, 0.717) is 22.8 Å². The molecule has 7 nitrogen and oxygen atoms in total. The molecule has 0 spiro atoms. The highest BCUT2D eigenvalue weighted by Crippen LogP contribution is 2.29. The highest BCUT2D eigenvalue weighted by atomic mass is 19.1. The molecule has 1 N–H and O–H groups in total. The first-order valence-corrected chi connectivity index (χ1v) is 9.13. The molecule has 4 rings (SSSR count). The maximum Gasteiger partial charge on any atom is 0.165 e. The Labute approximate surface area is 165 Å². The summed E-state index contributed by atoms with van der Waals surface area (Å²) >= 11 is 0. The Morgan fingerprint density at radius 3 is 2.83 bits per heavy atom. The van der Waals surface area contributed by atoms with Gasteiger partial charge in [0.25, 0.3) is 0 Å². The Hall–Kier alpha value is -3.49. The largest absolute Gasteiger partial charge is 0.490 e. The average molecular weight is 398 g/mol. The van der Waals surface area contributed by atoms with Crippen molar-refractivity contribution in [2.75, 3.05) is 18.6 Å². The van der Waals surface area contributed by atoms with Crippen LogP contribution < -0.4 is 10.1 Å². The monoisotopic (exact) mass is 398 g/mol. The number of anilines is 1. The number of aromatic nitrogens is 5. The third kappa shape index (κ3) is 3.89. The standard InChI is InChI=1S/C20H20F2N6O/c1-13(16-9-15(22)3-4-18(16)29-8-6-21)25-19-5-7-28-20(26-19)17(11-24-28)14-10-23-27(2)12-14/h3-5,7,9-13H,6,8H2,1-2H3,(H,25,26)/t13-/m1/s1. The molecule has 0 saturated carbocycles. The van der Waals surface area contributed by atoms with Gasteiger partial charge in [-0.25, -0.2) is 18.3 Å². The van der Waals surface area contributed by atoms with Crippen LogP contribution in [0, 0.1) is 5.82 Å². The second-order valence-electron chi connectivity index (χ2n) is 6.63. The molecule has 0 bridgehead atoms. The van der Waals surface area contributed by atoms with E-state index in [1.165, 1.54) is 18.2 Å². The van der Waals surface area contributed by atoms with Gasteiger partial charge in [0.05, 0.1) is 18.4 Å². The van der Waals surface area contributed by atoms with E-state index < -0.39 is 6.67 Å². The Morgan fingerprint density at radius 1 is 1.21 bits per heavy atom. The Kier molecular flexibility index (Phi) is 5.11. The number of rotatable bonds is 7. The zero-order valence-corrected chi connectivity index (χ0v) is 16.0. The molecule has 0 aliphatic rings. The highest BCUT2D eigenvalue weighted by Gasteiger charge is 2.15. The number of nitrogens with zero attached hydrogens (tertiary/aromatic N) is 5. The van der Waals surface area contributed by atoms with Gasteiger partial charge >= 0.3 is 0 Å². The number of halogens is 2. The predicted octanol–water partition coefficient (Wildman–Crippen LogP) is 3.79. The zero-order valence-electron chi connectivity index (χ0n) is 16.0. The smallest absolute Gasteiger partial charge is 0.165 e. The van der Waals surface area contributed by atoms with Crippen LogP contribution in [-0.4, -0.2) is 37.7 Å². The molecule has 4 aromatic rings. The lowest BCUT2D eigenvalue weighted by molar-refractivity contribution is 0.270. The normalized spacial score (nSPS) is 12.3. The molecule has 3 aromatic heterocycles. The van der Waals surface area contributed by atoms with E-state index in [9.17, 15) is 8.78 Å². The quantitative estimate of drug-likeness (QED) is 0.513. The minimum atomic E-state index is -0.616. The first-order valence-electron chi connectivity index (χ1n) is 9.13. The molecule has 150 valence electrons. The summed E-state index contributed by atoms with van der Waals surface area (Å²) < 4.78 is 35.1. The lowest BCUT2D eigenvalue weighted by Gasteiger charge is -2.19. The average Bonchev–Trinajstić information content (AvgIpc) is 3.32. The van der Waals surface area contributed by atoms with Crippen molar-refractivity contribution in [3.8, 4) is 16.9 Å². The van der Waals surface area contributed by atoms with Crippen LogP contribution >= 0.6 is 0 Å². The lowest BCUT2D eigenvalue weighted by Crippen LogP contribution is -2.11. The fourth-order valence-corrected chi connectivity index (χ4v) is 3.15. The maximum atomic E-state index is 13.8. The Bertz CT molecular complexity index is 1140. The summed E-state index contributed by atoms with van der Waals surface area (Å²) in [6.45, 7) is 1.16. The number of benzene rings is 1. The number of hydrogen-bond donors (Lipinski definition) is 1. The predicted molar refractivity (Wildman–Crippen MR) is 105 cm³/mol. The van der Waals surface area contributed by atoms with Gasteiger partial charge in [0.15, 0.2) is 5.65 Å². The van der Waals surface area contributed by atoms with Gasteiger partial charge in [-0.15, -0.1) is 0 Å². The number of fused-ring (bicyclic) bond motifs is 1. The molecule has 9 heteroatoms. The number of aryl methyl sites for hydroxylation is 1. The molecule has 0 radical (unpaired) electrons. The maximum absolute atomic E-state index is 13.8. The van der Waals surface area contributed by atoms with Crippen LogP contribution in [-0.2, 0) is 7.05 Å². The zero-order chi connectivity index (χ0) is 20.4. The van der Waals surface area contributed by atoms with E-state index in [2.05, 4.69) is 20.5 Å². The Balaban J connectivity index is 1.63. The summed E-state index contributed by atoms with van der Waals surface area (Å²) in [7, 11) is 1.85. The summed E-state index contributed by atoms with van der Waals surface area (Å²) in [6.07, 6.45) is 7.18. The molecule has 0 saturated heterocycles. The minimum absolute atomic E-state index is 0.0835. The van der Waals surface area contributed by atoms with E-state index in [4.69, 9.17) is 4.74 Å². The number of ether oxygens (including phenoxy) is 1. The first kappa shape index (κ1) is 18.9. The molecule has 0 aliphatic heterocycles. The molecule has 29 heavy (non-hydrogen) atoms.